The molecular formula is C90H133Cl9F2O28S14. The number of hydrogen-bond acceptors (Lipinski definition) is 28. The largest absolute Gasteiger partial charge is 0.229 e. The first-order valence-electron chi connectivity index (χ1n) is 42.6. The molecule has 0 N–H and O–H groups in total. The van der Waals surface area contributed by atoms with Crippen LogP contribution >= 0.6 is 104 Å². The molecule has 0 saturated carbocycles. The summed E-state index contributed by atoms with van der Waals surface area (Å²) in [6, 6.07) is 43.9. The van der Waals surface area contributed by atoms with Crippen LogP contribution in [-0.2, 0) is 138 Å². The van der Waals surface area contributed by atoms with Gasteiger partial charge in [-0.1, -0.05) is 265 Å². The van der Waals surface area contributed by atoms with Gasteiger partial charge in [0.2, 0.25) is 0 Å². The summed E-state index contributed by atoms with van der Waals surface area (Å²) >= 11 is 50.3. The molecule has 0 fully saturated rings. The third-order valence-electron chi connectivity index (χ3n) is 16.5. The Morgan fingerprint density at radius 3 is 0.867 bits per heavy atom. The smallest absolute Gasteiger partial charge is 0.192 e. The van der Waals surface area contributed by atoms with Gasteiger partial charge >= 0.3 is 0 Å². The fourth-order valence-corrected chi connectivity index (χ4v) is 24.1. The van der Waals surface area contributed by atoms with E-state index in [2.05, 4.69) is 13.8 Å². The number of unbranched alkanes of at least 4 members (excludes halogenated alkanes) is 7. The van der Waals surface area contributed by atoms with E-state index >= 15 is 0 Å². The van der Waals surface area contributed by atoms with Crippen molar-refractivity contribution >= 4 is 242 Å². The number of hydrogen-bond donors (Lipinski definition) is 0. The van der Waals surface area contributed by atoms with Gasteiger partial charge in [0.15, 0.2) is 78.7 Å². The second kappa shape index (κ2) is 72.9. The highest BCUT2D eigenvalue weighted by Gasteiger charge is 2.21. The van der Waals surface area contributed by atoms with Crippen LogP contribution in [0.3, 0.4) is 0 Å². The fourth-order valence-electron chi connectivity index (χ4n) is 9.27. The summed E-state index contributed by atoms with van der Waals surface area (Å²) in [4.78, 5) is 0.383. The molecule has 8 aromatic carbocycles. The molecule has 822 valence electrons. The van der Waals surface area contributed by atoms with Gasteiger partial charge in [0.05, 0.1) is 65.3 Å². The topological polar surface area (TPSA) is 478 Å². The van der Waals surface area contributed by atoms with Gasteiger partial charge in [-0.2, -0.15) is 0 Å². The molecule has 0 saturated heterocycles. The van der Waals surface area contributed by atoms with Crippen molar-refractivity contribution in [2.45, 2.75) is 185 Å². The number of aryl methyl sites for hydroxylation is 1. The molecule has 0 spiro atoms. The zero-order chi connectivity index (χ0) is 113. The number of benzene rings is 8. The normalized spacial score (nSPS) is 11.6. The van der Waals surface area contributed by atoms with Crippen LogP contribution in [0, 0.1) is 18.6 Å². The van der Waals surface area contributed by atoms with Gasteiger partial charge in [0, 0.05) is 119 Å². The molecule has 0 amide bonds. The van der Waals surface area contributed by atoms with E-state index < -0.39 is 154 Å². The van der Waals surface area contributed by atoms with Crippen molar-refractivity contribution in [2.24, 2.45) is 0 Å². The summed E-state index contributed by atoms with van der Waals surface area (Å²) in [5.74, 6) is 0.497. The second-order valence-electron chi connectivity index (χ2n) is 30.8. The Morgan fingerprint density at radius 1 is 0.245 bits per heavy atom. The van der Waals surface area contributed by atoms with E-state index in [0.29, 0.717) is 54.4 Å². The first-order chi connectivity index (χ1) is 64.9. The number of halogens is 11. The van der Waals surface area contributed by atoms with Gasteiger partial charge in [0.1, 0.15) is 85.7 Å². The van der Waals surface area contributed by atoms with Crippen LogP contribution in [0.15, 0.2) is 215 Å². The molecule has 0 aliphatic rings. The van der Waals surface area contributed by atoms with E-state index in [1.807, 2.05) is 34.6 Å². The van der Waals surface area contributed by atoms with Crippen LogP contribution < -0.4 is 0 Å². The van der Waals surface area contributed by atoms with Crippen LogP contribution in [0.2, 0.25) is 40.2 Å². The summed E-state index contributed by atoms with van der Waals surface area (Å²) < 4.78 is 327. The Bertz CT molecular complexity index is 6750. The molecule has 53 heteroatoms. The average Bonchev–Trinajstić information content (AvgIpc) is 0.820. The van der Waals surface area contributed by atoms with E-state index in [9.17, 15) is 127 Å². The number of alkyl halides is 1. The summed E-state index contributed by atoms with van der Waals surface area (Å²) in [6.07, 6.45) is 24.6. The molecule has 8 rings (SSSR count). The minimum atomic E-state index is -3.81. The predicted octanol–water partition coefficient (Wildman–Crippen LogP) is 21.3. The number of sulfone groups is 14. The van der Waals surface area contributed by atoms with Crippen molar-refractivity contribution in [1.82, 2.24) is 0 Å². The van der Waals surface area contributed by atoms with Gasteiger partial charge in [-0.3, -0.25) is 0 Å². The zero-order valence-corrected chi connectivity index (χ0v) is 101. The molecule has 8 aromatic rings. The first-order valence-corrected chi connectivity index (χ1v) is 72.9. The van der Waals surface area contributed by atoms with Crippen LogP contribution in [-0.4, -0.2) is 238 Å². The van der Waals surface area contributed by atoms with E-state index in [1.165, 1.54) is 98.2 Å². The highest BCUT2D eigenvalue weighted by molar-refractivity contribution is 7.94. The third kappa shape index (κ3) is 80.2. The van der Waals surface area contributed by atoms with Crippen LogP contribution in [0.4, 0.5) is 8.78 Å². The van der Waals surface area contributed by atoms with Crippen molar-refractivity contribution in [1.29, 1.82) is 0 Å². The molecule has 143 heavy (non-hydrogen) atoms. The molecule has 0 atom stereocenters. The summed E-state index contributed by atoms with van der Waals surface area (Å²) in [5.41, 5.74) is 1.07. The molecule has 0 bridgehead atoms. The van der Waals surface area contributed by atoms with Crippen LogP contribution in [0.25, 0.3) is 0 Å². The standard InChI is InChI=1S/C8H10O2S.4C7H6Cl2O2S.C7H7ClO2S.C7H6F2O2S.C7H8O2S.C7H16O2S.2C6H14O2S.2C5H12O2S.C4H10O2S/c1-7-3-5-8(6-4-7)11(2,9)10;1-12(10,11)7-3-2-5(8)4-6(7)9;1-12(10,11)7-4-5(8)2-3-6(7)9;1-12(10,11)6-4-2-3-5(8)7(6)9;1-12(10,11)7-5(8)3-2-4-6(7)9;8-6-11(9,10)7-4-2-1-3-5-7;1-12(10,11)7-5(8)3-2-4-6(7)9;1-10(8,9)7-5-3-2-4-6-7;1-3-4-5-6-7-10(2,8)9;1-3-4-5-6-9(2,7)8;1-3-5-6-9(7,8)4-2;1-3-4-5-8(2,6)7;1-3-5-8(6,7)4-2;1-3-4-7(2,5)6/h3-6H,1-2H3;4*2-4H,1H3;1-5H,6H2;2-4H,1H3;2-6H,1H3;3-7H2,1-2H3;2*3-6H2,1-2H3;2*3-5H2,1-2H3;3-4H2,1-2H3. The van der Waals surface area contributed by atoms with Crippen molar-refractivity contribution < 1.29 is 127 Å². The van der Waals surface area contributed by atoms with E-state index in [4.69, 9.17) is 104 Å². The van der Waals surface area contributed by atoms with Crippen molar-refractivity contribution in [2.75, 3.05) is 120 Å². The van der Waals surface area contributed by atoms with E-state index in [0.717, 1.165) is 139 Å². The van der Waals surface area contributed by atoms with Crippen LogP contribution in [0.1, 0.15) is 144 Å². The van der Waals surface area contributed by atoms with Crippen molar-refractivity contribution in [3.05, 3.63) is 233 Å². The highest BCUT2D eigenvalue weighted by Crippen LogP contribution is 2.31. The van der Waals surface area contributed by atoms with Gasteiger partial charge < -0.3 is 0 Å². The van der Waals surface area contributed by atoms with Crippen LogP contribution in [0.5, 0.6) is 0 Å². The minimum Gasteiger partial charge on any atom is -0.229 e. The highest BCUT2D eigenvalue weighted by atomic mass is 35.5. The van der Waals surface area contributed by atoms with Gasteiger partial charge in [-0.05, 0) is 155 Å². The van der Waals surface area contributed by atoms with Gasteiger partial charge in [-0.25, -0.2) is 127 Å². The minimum absolute atomic E-state index is 0.00617. The fraction of sp³-hybridized carbons (Fsp3) is 0.467. The quantitative estimate of drug-likeness (QED) is 0.0298. The van der Waals surface area contributed by atoms with E-state index in [1.54, 1.807) is 111 Å². The lowest BCUT2D eigenvalue weighted by Gasteiger charge is -2.02. The Balaban J connectivity index is -0.000000354. The lowest BCUT2D eigenvalue weighted by Crippen LogP contribution is -2.07. The molecular weight excluding hydrogens is 2330 g/mol. The van der Waals surface area contributed by atoms with Gasteiger partial charge in [0.25, 0.3) is 0 Å². The molecule has 0 heterocycles. The van der Waals surface area contributed by atoms with E-state index in [-0.39, 0.29) is 71.3 Å². The van der Waals surface area contributed by atoms with Crippen molar-refractivity contribution in [3.63, 3.8) is 0 Å². The maximum Gasteiger partial charge on any atom is 0.192 e. The Morgan fingerprint density at radius 2 is 0.573 bits per heavy atom. The Labute approximate surface area is 897 Å². The molecule has 0 radical (unpaired) electrons. The summed E-state index contributed by atoms with van der Waals surface area (Å²) in [6.45, 7) is 17.1. The monoisotopic (exact) mass is 2460 g/mol. The molecule has 0 unspecified atom stereocenters. The predicted molar refractivity (Wildman–Crippen MR) is 588 cm³/mol. The van der Waals surface area contributed by atoms with Crippen molar-refractivity contribution in [3.8, 4) is 0 Å². The summed E-state index contributed by atoms with van der Waals surface area (Å²) in [5, 5.41) is 1.42. The molecule has 0 aromatic heterocycles. The van der Waals surface area contributed by atoms with Gasteiger partial charge in [-0.15, -0.1) is 11.6 Å². The SMILES string of the molecule is CCCCCCS(C)(=O)=O.CCCCCS(C)(=O)=O.CCCCS(=O)(=O)CC.CCCCS(C)(=O)=O.CCCS(=O)(=O)CC.CCCS(C)(=O)=O.CS(=O)(=O)c1c(Cl)cccc1Cl.CS(=O)(=O)c1c(F)cccc1F.CS(=O)(=O)c1cc(Cl)ccc1Cl.CS(=O)(=O)c1ccc(Cl)cc1Cl.CS(=O)(=O)c1cccc(Cl)c1Cl.CS(=O)(=O)c1ccccc1.Cc1ccc(S(C)(=O)=O)cc1.O=S(=O)(CCl)c1ccccc1. The molecule has 28 nitrogen and oxygen atoms in total. The Hall–Kier alpha value is -4.47. The summed E-state index contributed by atoms with van der Waals surface area (Å²) in [7, 11) is -42.3. The third-order valence-corrected chi connectivity index (χ3v) is 37.7. The lowest BCUT2D eigenvalue weighted by atomic mass is 10.2. The lowest BCUT2D eigenvalue weighted by molar-refractivity contribution is 0.521. The average molecular weight is 2470 g/mol. The zero-order valence-electron chi connectivity index (χ0n) is 83.1. The molecule has 0 aliphatic heterocycles. The second-order valence-corrected chi connectivity index (χ2v) is 64.6. The molecule has 0 aliphatic carbocycles. The maximum absolute atomic E-state index is 12.7. The Kier molecular flexibility index (Phi) is 76.0. The first kappa shape index (κ1) is 149. The number of rotatable bonds is 30. The maximum atomic E-state index is 12.7.